The number of carbonyl (C=O) groups excluding carboxylic acids is 3. The van der Waals surface area contributed by atoms with Crippen LogP contribution in [0.5, 0.6) is 0 Å². The zero-order valence-corrected chi connectivity index (χ0v) is 45.6. The van der Waals surface area contributed by atoms with Gasteiger partial charge in [-0.3, -0.25) is 14.4 Å². The summed E-state index contributed by atoms with van der Waals surface area (Å²) >= 11 is 0. The number of carboxylic acid groups (broad SMARTS) is 1. The number of carboxylic acids is 1. The van der Waals surface area contributed by atoms with E-state index in [1.54, 1.807) is 0 Å². The van der Waals surface area contributed by atoms with E-state index in [0.717, 1.165) is 109 Å². The summed E-state index contributed by atoms with van der Waals surface area (Å²) in [5, 5.41) is 31.4. The van der Waals surface area contributed by atoms with Crippen LogP contribution in [0.15, 0.2) is 85.1 Å². The van der Waals surface area contributed by atoms with E-state index < -0.39 is 67.3 Å². The lowest BCUT2D eigenvalue weighted by Gasteiger charge is -2.40. The molecule has 1 saturated heterocycles. The summed E-state index contributed by atoms with van der Waals surface area (Å²) in [5.74, 6) is -3.22. The lowest BCUT2D eigenvalue weighted by molar-refractivity contribution is -0.301. The van der Waals surface area contributed by atoms with Gasteiger partial charge in [0.25, 0.3) is 0 Å². The first-order chi connectivity index (χ1) is 35.6. The molecule has 1 aliphatic rings. The van der Waals surface area contributed by atoms with E-state index >= 15 is 0 Å². The number of esters is 3. The predicted molar refractivity (Wildman–Crippen MR) is 294 cm³/mol. The smallest absolute Gasteiger partial charge is 0.335 e. The average molecular weight is 1030 g/mol. The maximum Gasteiger partial charge on any atom is 0.335 e. The van der Waals surface area contributed by atoms with Crippen LogP contribution in [0.25, 0.3) is 0 Å². The molecule has 0 bridgehead atoms. The minimum Gasteiger partial charge on any atom is -0.479 e. The molecule has 0 aliphatic carbocycles. The van der Waals surface area contributed by atoms with Crippen molar-refractivity contribution in [2.45, 2.75) is 263 Å². The third-order valence-corrected chi connectivity index (χ3v) is 12.4. The molecule has 12 heteroatoms. The molecule has 0 amide bonds. The Morgan fingerprint density at radius 1 is 0.466 bits per heavy atom. The molecular formula is C61H100O12. The molecule has 1 rings (SSSR count). The SMILES string of the molecule is CC/C=C\C/C=C\C/C=C\C/C=C\C/C=C\CCCC(=O)OCC(COC1OC(C(=O)O)C(O)C(O)C1OC(=O)CCCCCCCCCCCCCCC)OC(=O)CCCCCCC/C=C\C/C=C\CCC. The number of hydrogen-bond donors (Lipinski definition) is 3. The average Bonchev–Trinajstić information content (AvgIpc) is 3.37. The number of rotatable bonds is 47. The summed E-state index contributed by atoms with van der Waals surface area (Å²) in [4.78, 5) is 51.0. The van der Waals surface area contributed by atoms with Gasteiger partial charge in [0.1, 0.15) is 18.8 Å². The topological polar surface area (TPSA) is 175 Å². The first kappa shape index (κ1) is 66.9. The van der Waals surface area contributed by atoms with Crippen molar-refractivity contribution < 1.29 is 58.2 Å². The highest BCUT2D eigenvalue weighted by Gasteiger charge is 2.50. The second-order valence-electron chi connectivity index (χ2n) is 19.2. The number of aliphatic carboxylic acids is 1. The van der Waals surface area contributed by atoms with Gasteiger partial charge in [-0.25, -0.2) is 4.79 Å². The Balaban J connectivity index is 2.75. The minimum absolute atomic E-state index is 0.0531. The van der Waals surface area contributed by atoms with Crippen LogP contribution in [0.2, 0.25) is 0 Å². The second-order valence-corrected chi connectivity index (χ2v) is 19.2. The van der Waals surface area contributed by atoms with Crippen molar-refractivity contribution in [1.29, 1.82) is 0 Å². The van der Waals surface area contributed by atoms with Crippen molar-refractivity contribution in [1.82, 2.24) is 0 Å². The van der Waals surface area contributed by atoms with E-state index in [1.165, 1.54) is 51.4 Å². The van der Waals surface area contributed by atoms with Crippen molar-refractivity contribution in [3.63, 3.8) is 0 Å². The minimum atomic E-state index is -1.91. The third kappa shape index (κ3) is 39.0. The van der Waals surface area contributed by atoms with Crippen LogP contribution >= 0.6 is 0 Å². The highest BCUT2D eigenvalue weighted by molar-refractivity contribution is 5.74. The van der Waals surface area contributed by atoms with Gasteiger partial charge in [0, 0.05) is 19.3 Å². The summed E-state index contributed by atoms with van der Waals surface area (Å²) in [6.45, 7) is 5.74. The molecule has 416 valence electrons. The maximum atomic E-state index is 13.1. The largest absolute Gasteiger partial charge is 0.479 e. The summed E-state index contributed by atoms with van der Waals surface area (Å²) < 4.78 is 28.3. The quantitative estimate of drug-likeness (QED) is 0.0228. The Morgan fingerprint density at radius 3 is 1.41 bits per heavy atom. The van der Waals surface area contributed by atoms with E-state index in [9.17, 15) is 34.5 Å². The number of carbonyl (C=O) groups is 4. The molecule has 0 aromatic rings. The van der Waals surface area contributed by atoms with Crippen LogP contribution in [0, 0.1) is 0 Å². The van der Waals surface area contributed by atoms with Crippen LogP contribution in [0.3, 0.4) is 0 Å². The van der Waals surface area contributed by atoms with Gasteiger partial charge >= 0.3 is 23.9 Å². The van der Waals surface area contributed by atoms with E-state index in [-0.39, 0.29) is 25.9 Å². The zero-order chi connectivity index (χ0) is 53.3. The van der Waals surface area contributed by atoms with Crippen molar-refractivity contribution in [3.05, 3.63) is 85.1 Å². The van der Waals surface area contributed by atoms with Gasteiger partial charge in [-0.1, -0.05) is 209 Å². The number of aliphatic hydroxyl groups is 2. The number of aliphatic hydroxyl groups excluding tert-OH is 2. The van der Waals surface area contributed by atoms with Gasteiger partial charge in [0.05, 0.1) is 6.61 Å². The highest BCUT2D eigenvalue weighted by atomic mass is 16.7. The van der Waals surface area contributed by atoms with Crippen molar-refractivity contribution in [3.8, 4) is 0 Å². The first-order valence-electron chi connectivity index (χ1n) is 28.6. The lowest BCUT2D eigenvalue weighted by Crippen LogP contribution is -2.61. The summed E-state index contributed by atoms with van der Waals surface area (Å²) in [6.07, 6.45) is 49.9. The Hall–Kier alpha value is -4.10. The molecule has 0 spiro atoms. The molecule has 0 aromatic heterocycles. The summed E-state index contributed by atoms with van der Waals surface area (Å²) in [5.41, 5.74) is 0. The van der Waals surface area contributed by atoms with Gasteiger partial charge in [-0.15, -0.1) is 0 Å². The molecule has 1 heterocycles. The van der Waals surface area contributed by atoms with Crippen LogP contribution in [0.4, 0.5) is 0 Å². The lowest BCUT2D eigenvalue weighted by atomic mass is 9.98. The highest BCUT2D eigenvalue weighted by Crippen LogP contribution is 2.26. The van der Waals surface area contributed by atoms with Crippen LogP contribution < -0.4 is 0 Å². The Morgan fingerprint density at radius 2 is 0.904 bits per heavy atom. The molecule has 73 heavy (non-hydrogen) atoms. The Kier molecular flexibility index (Phi) is 44.7. The molecular weight excluding hydrogens is 925 g/mol. The van der Waals surface area contributed by atoms with E-state index in [1.807, 2.05) is 6.08 Å². The van der Waals surface area contributed by atoms with Crippen LogP contribution in [-0.4, -0.2) is 89.2 Å². The normalized spacial score (nSPS) is 18.9. The molecule has 3 N–H and O–H groups in total. The standard InChI is InChI=1S/C61H100O12/c1-4-7-10-13-16-19-22-25-26-27-28-31-32-35-38-41-44-47-53(62)69-50-52(71-54(63)48-45-42-39-36-33-29-23-20-17-14-11-8-5-2)51-70-61-59(57(66)56(65)58(73-61)60(67)68)72-55(64)49-46-43-40-37-34-30-24-21-18-15-12-9-6-3/h7,10-11,14,16,19-20,23,25-26,28,31,35,38,52,56-59,61,65-66H,4-6,8-9,12-13,15,17-18,21-22,24,27,29-30,32-34,36-37,39-51H2,1-3H3,(H,67,68)/b10-7-,14-11-,19-16-,23-20-,26-25-,31-28-,38-35-. The van der Waals surface area contributed by atoms with E-state index in [0.29, 0.717) is 25.7 Å². The molecule has 6 atom stereocenters. The number of hydrogen-bond acceptors (Lipinski definition) is 11. The van der Waals surface area contributed by atoms with Gasteiger partial charge < -0.3 is 39.0 Å². The molecule has 6 unspecified atom stereocenters. The zero-order valence-electron chi connectivity index (χ0n) is 45.6. The van der Waals surface area contributed by atoms with Crippen LogP contribution in [-0.2, 0) is 42.9 Å². The van der Waals surface area contributed by atoms with E-state index in [2.05, 4.69) is 99.8 Å². The Bertz CT molecular complexity index is 1590. The van der Waals surface area contributed by atoms with Crippen LogP contribution in [0.1, 0.15) is 226 Å². The van der Waals surface area contributed by atoms with Crippen molar-refractivity contribution in [2.75, 3.05) is 13.2 Å². The molecule has 1 aliphatic heterocycles. The first-order valence-corrected chi connectivity index (χ1v) is 28.6. The number of allylic oxidation sites excluding steroid dienone is 14. The fraction of sp³-hybridized carbons (Fsp3) is 0.705. The molecule has 0 aromatic carbocycles. The van der Waals surface area contributed by atoms with Gasteiger partial charge in [0.2, 0.25) is 0 Å². The Labute approximate surface area is 441 Å². The van der Waals surface area contributed by atoms with Gasteiger partial charge in [-0.05, 0) is 83.5 Å². The summed E-state index contributed by atoms with van der Waals surface area (Å²) in [7, 11) is 0. The van der Waals surface area contributed by atoms with Gasteiger partial charge in [-0.2, -0.15) is 0 Å². The number of ether oxygens (including phenoxy) is 5. The second kappa shape index (κ2) is 48.8. The third-order valence-electron chi connectivity index (χ3n) is 12.4. The molecule has 1 fully saturated rings. The van der Waals surface area contributed by atoms with Crippen molar-refractivity contribution in [2.24, 2.45) is 0 Å². The van der Waals surface area contributed by atoms with E-state index in [4.69, 9.17) is 23.7 Å². The monoisotopic (exact) mass is 1020 g/mol. The maximum absolute atomic E-state index is 13.1. The molecule has 0 radical (unpaired) electrons. The fourth-order valence-electron chi connectivity index (χ4n) is 8.09. The fourth-order valence-corrected chi connectivity index (χ4v) is 8.09. The predicted octanol–water partition coefficient (Wildman–Crippen LogP) is 14.3. The van der Waals surface area contributed by atoms with Gasteiger partial charge in [0.15, 0.2) is 24.6 Å². The molecule has 0 saturated carbocycles. The number of unbranched alkanes of at least 4 members (excludes halogenated alkanes) is 19. The summed E-state index contributed by atoms with van der Waals surface area (Å²) in [6, 6.07) is 0. The van der Waals surface area contributed by atoms with Crippen molar-refractivity contribution >= 4 is 23.9 Å². The molecule has 12 nitrogen and oxygen atoms in total.